The Hall–Kier alpha value is -1.62. The van der Waals surface area contributed by atoms with Crippen molar-refractivity contribution in [2.45, 2.75) is 26.7 Å². The summed E-state index contributed by atoms with van der Waals surface area (Å²) in [4.78, 5) is 14.0. The molecule has 0 spiro atoms. The minimum Gasteiger partial charge on any atom is -0.494 e. The predicted octanol–water partition coefficient (Wildman–Crippen LogP) is 2.22. The van der Waals surface area contributed by atoms with Crippen LogP contribution in [0.2, 0.25) is 0 Å². The van der Waals surface area contributed by atoms with Gasteiger partial charge in [-0.15, -0.1) is 0 Å². The summed E-state index contributed by atoms with van der Waals surface area (Å²) in [6.45, 7) is 7.68. The first-order valence-corrected chi connectivity index (χ1v) is 7.42. The highest BCUT2D eigenvalue weighted by molar-refractivity contribution is 5.76. The monoisotopic (exact) mass is 296 g/mol. The Morgan fingerprint density at radius 2 is 2.05 bits per heavy atom. The second kappa shape index (κ2) is 9.34. The molecule has 0 aliphatic rings. The van der Waals surface area contributed by atoms with E-state index in [1.165, 1.54) is 13.2 Å². The smallest absolute Gasteiger partial charge is 0.220 e. The molecule has 0 aliphatic heterocycles. The number of hydrogen-bond donors (Lipinski definition) is 1. The number of carbonyl (C=O) groups is 1. The summed E-state index contributed by atoms with van der Waals surface area (Å²) in [5, 5.41) is 2.89. The van der Waals surface area contributed by atoms with Crippen LogP contribution in [0, 0.1) is 5.82 Å². The average molecular weight is 296 g/mol. The van der Waals surface area contributed by atoms with Crippen molar-refractivity contribution in [3.05, 3.63) is 29.6 Å². The van der Waals surface area contributed by atoms with E-state index in [1.807, 2.05) is 0 Å². The number of nitrogens with one attached hydrogen (secondary N) is 1. The van der Waals surface area contributed by atoms with Crippen LogP contribution in [-0.2, 0) is 11.2 Å². The van der Waals surface area contributed by atoms with Gasteiger partial charge in [0, 0.05) is 19.5 Å². The molecule has 0 unspecified atom stereocenters. The summed E-state index contributed by atoms with van der Waals surface area (Å²) in [6, 6.07) is 4.79. The van der Waals surface area contributed by atoms with Gasteiger partial charge in [0.15, 0.2) is 11.6 Å². The van der Waals surface area contributed by atoms with Gasteiger partial charge in [0.05, 0.1) is 7.11 Å². The highest BCUT2D eigenvalue weighted by Gasteiger charge is 2.06. The number of methoxy groups -OCH3 is 1. The molecule has 1 N–H and O–H groups in total. The molecule has 21 heavy (non-hydrogen) atoms. The zero-order chi connectivity index (χ0) is 15.7. The topological polar surface area (TPSA) is 41.6 Å². The van der Waals surface area contributed by atoms with Crippen LogP contribution in [-0.4, -0.2) is 44.1 Å². The third-order valence-electron chi connectivity index (χ3n) is 3.50. The Kier molecular flexibility index (Phi) is 7.75. The maximum atomic E-state index is 13.5. The minimum absolute atomic E-state index is 0.00150. The maximum Gasteiger partial charge on any atom is 0.220 e. The van der Waals surface area contributed by atoms with Crippen molar-refractivity contribution in [3.8, 4) is 5.75 Å². The normalized spacial score (nSPS) is 10.7. The molecule has 0 aromatic heterocycles. The van der Waals surface area contributed by atoms with Crippen molar-refractivity contribution in [3.63, 3.8) is 0 Å². The summed E-state index contributed by atoms with van der Waals surface area (Å²) >= 11 is 0. The zero-order valence-electron chi connectivity index (χ0n) is 13.1. The molecule has 1 aromatic carbocycles. The van der Waals surface area contributed by atoms with Crippen molar-refractivity contribution in [2.24, 2.45) is 0 Å². The number of amides is 1. The summed E-state index contributed by atoms with van der Waals surface area (Å²) in [7, 11) is 1.43. The molecule has 0 saturated carbocycles. The van der Waals surface area contributed by atoms with Crippen LogP contribution >= 0.6 is 0 Å². The van der Waals surface area contributed by atoms with Gasteiger partial charge in [-0.1, -0.05) is 19.9 Å². The summed E-state index contributed by atoms with van der Waals surface area (Å²) in [5.41, 5.74) is 0.798. The number of ether oxygens (including phenoxy) is 1. The van der Waals surface area contributed by atoms with Crippen LogP contribution < -0.4 is 10.1 Å². The Labute approximate surface area is 126 Å². The van der Waals surface area contributed by atoms with Crippen LogP contribution in [0.3, 0.4) is 0 Å². The number of hydrogen-bond acceptors (Lipinski definition) is 3. The molecule has 5 heteroatoms. The zero-order valence-corrected chi connectivity index (χ0v) is 13.1. The number of nitrogens with zero attached hydrogens (tertiary/aromatic N) is 1. The van der Waals surface area contributed by atoms with Crippen LogP contribution in [0.15, 0.2) is 18.2 Å². The van der Waals surface area contributed by atoms with Crippen molar-refractivity contribution >= 4 is 5.91 Å². The Morgan fingerprint density at radius 3 is 2.62 bits per heavy atom. The number of carbonyl (C=O) groups excluding carboxylic acids is 1. The molecule has 0 radical (unpaired) electrons. The van der Waals surface area contributed by atoms with Crippen molar-refractivity contribution < 1.29 is 13.9 Å². The van der Waals surface area contributed by atoms with E-state index in [-0.39, 0.29) is 11.7 Å². The van der Waals surface area contributed by atoms with E-state index in [0.717, 1.165) is 25.2 Å². The van der Waals surface area contributed by atoms with E-state index < -0.39 is 5.82 Å². The molecule has 4 nitrogen and oxygen atoms in total. The van der Waals surface area contributed by atoms with Crippen LogP contribution in [0.1, 0.15) is 25.8 Å². The van der Waals surface area contributed by atoms with Gasteiger partial charge in [-0.25, -0.2) is 4.39 Å². The molecule has 0 bridgehead atoms. The first kappa shape index (κ1) is 17.4. The summed E-state index contributed by atoms with van der Waals surface area (Å²) in [6.07, 6.45) is 0.891. The molecule has 0 atom stereocenters. The molecule has 0 saturated heterocycles. The van der Waals surface area contributed by atoms with Gasteiger partial charge in [-0.3, -0.25) is 4.79 Å². The lowest BCUT2D eigenvalue weighted by atomic mass is 10.1. The van der Waals surface area contributed by atoms with Gasteiger partial charge in [0.1, 0.15) is 0 Å². The van der Waals surface area contributed by atoms with E-state index in [2.05, 4.69) is 24.1 Å². The Morgan fingerprint density at radius 1 is 1.33 bits per heavy atom. The van der Waals surface area contributed by atoms with Gasteiger partial charge in [0.25, 0.3) is 0 Å². The molecule has 1 amide bonds. The lowest BCUT2D eigenvalue weighted by Gasteiger charge is -2.17. The van der Waals surface area contributed by atoms with Crippen molar-refractivity contribution in [1.82, 2.24) is 10.2 Å². The first-order valence-electron chi connectivity index (χ1n) is 7.42. The first-order chi connectivity index (χ1) is 10.1. The van der Waals surface area contributed by atoms with Gasteiger partial charge >= 0.3 is 0 Å². The molecular formula is C16H25FN2O2. The number of benzene rings is 1. The second-order valence-electron chi connectivity index (χ2n) is 4.85. The molecular weight excluding hydrogens is 271 g/mol. The number of likely N-dealkylation sites (N-methyl/N-ethyl adjacent to an activating group) is 1. The van der Waals surface area contributed by atoms with Gasteiger partial charge in [-0.05, 0) is 37.2 Å². The summed E-state index contributed by atoms with van der Waals surface area (Å²) < 4.78 is 18.4. The summed E-state index contributed by atoms with van der Waals surface area (Å²) in [5.74, 6) is -0.169. The molecule has 1 rings (SSSR count). The third kappa shape index (κ3) is 6.12. The largest absolute Gasteiger partial charge is 0.494 e. The minimum atomic E-state index is -0.392. The molecule has 0 fully saturated rings. The van der Waals surface area contributed by atoms with Crippen LogP contribution in [0.4, 0.5) is 4.39 Å². The molecule has 0 aliphatic carbocycles. The lowest BCUT2D eigenvalue weighted by Crippen LogP contribution is -2.34. The Balaban J connectivity index is 2.31. The van der Waals surface area contributed by atoms with Crippen molar-refractivity contribution in [2.75, 3.05) is 33.3 Å². The fourth-order valence-electron chi connectivity index (χ4n) is 2.10. The lowest BCUT2D eigenvalue weighted by molar-refractivity contribution is -0.121. The average Bonchev–Trinajstić information content (AvgIpc) is 2.49. The fraction of sp³-hybridized carbons (Fsp3) is 0.562. The van der Waals surface area contributed by atoms with Gasteiger partial charge in [0.2, 0.25) is 5.91 Å². The highest BCUT2D eigenvalue weighted by atomic mass is 19.1. The molecule has 0 heterocycles. The quantitative estimate of drug-likeness (QED) is 0.760. The SMILES string of the molecule is CCN(CC)CCNC(=O)CCc1ccc(OC)c(F)c1. The number of rotatable bonds is 9. The third-order valence-corrected chi connectivity index (χ3v) is 3.50. The van der Waals surface area contributed by atoms with E-state index in [0.29, 0.717) is 19.4 Å². The number of aryl methyl sites for hydroxylation is 1. The van der Waals surface area contributed by atoms with Gasteiger partial charge in [-0.2, -0.15) is 0 Å². The predicted molar refractivity (Wildman–Crippen MR) is 82.1 cm³/mol. The highest BCUT2D eigenvalue weighted by Crippen LogP contribution is 2.18. The van der Waals surface area contributed by atoms with Crippen LogP contribution in [0.5, 0.6) is 5.75 Å². The van der Waals surface area contributed by atoms with E-state index >= 15 is 0 Å². The molecule has 1 aromatic rings. The van der Waals surface area contributed by atoms with Crippen molar-refractivity contribution in [1.29, 1.82) is 0 Å². The Bertz CT molecular complexity index is 448. The van der Waals surface area contributed by atoms with Crippen LogP contribution in [0.25, 0.3) is 0 Å². The maximum absolute atomic E-state index is 13.5. The second-order valence-corrected chi connectivity index (χ2v) is 4.85. The van der Waals surface area contributed by atoms with Gasteiger partial charge < -0.3 is 15.0 Å². The fourth-order valence-corrected chi connectivity index (χ4v) is 2.10. The standard InChI is InChI=1S/C16H25FN2O2/c1-4-19(5-2)11-10-18-16(20)9-7-13-6-8-15(21-3)14(17)12-13/h6,8,12H,4-5,7,9-11H2,1-3H3,(H,18,20). The van der Waals surface area contributed by atoms with E-state index in [1.54, 1.807) is 12.1 Å². The van der Waals surface area contributed by atoms with E-state index in [4.69, 9.17) is 4.74 Å². The number of halogens is 1. The van der Waals surface area contributed by atoms with E-state index in [9.17, 15) is 9.18 Å². The molecule has 118 valence electrons.